The molecule has 1 heterocycles. The summed E-state index contributed by atoms with van der Waals surface area (Å²) in [5.41, 5.74) is 0. The molecule has 5 heteroatoms. The maximum Gasteiger partial charge on any atom is 0.234 e. The van der Waals surface area contributed by atoms with Gasteiger partial charge in [-0.15, -0.1) is 0 Å². The molecule has 0 aliphatic heterocycles. The van der Waals surface area contributed by atoms with Gasteiger partial charge in [0.2, 0.25) is 5.91 Å². The van der Waals surface area contributed by atoms with Gasteiger partial charge in [-0.25, -0.2) is 4.98 Å². The number of carbonyl (C=O) groups excluding carboxylic acids is 1. The minimum atomic E-state index is 0.0526. The van der Waals surface area contributed by atoms with Crippen molar-refractivity contribution in [3.8, 4) is 0 Å². The highest BCUT2D eigenvalue weighted by molar-refractivity contribution is 5.78. The first-order chi connectivity index (χ1) is 8.09. The summed E-state index contributed by atoms with van der Waals surface area (Å²) >= 11 is 0. The van der Waals surface area contributed by atoms with Gasteiger partial charge >= 0.3 is 0 Å². The number of carbonyl (C=O) groups is 1. The fraction of sp³-hybridized carbons (Fsp3) is 0.667. The number of amides is 1. The van der Waals surface area contributed by atoms with Crippen molar-refractivity contribution in [2.24, 2.45) is 5.92 Å². The van der Waals surface area contributed by atoms with E-state index in [1.54, 1.807) is 12.5 Å². The van der Waals surface area contributed by atoms with E-state index in [-0.39, 0.29) is 11.9 Å². The maximum atomic E-state index is 11.5. The van der Waals surface area contributed by atoms with Crippen molar-refractivity contribution in [1.29, 1.82) is 0 Å². The van der Waals surface area contributed by atoms with E-state index in [9.17, 15) is 4.79 Å². The van der Waals surface area contributed by atoms with Crippen molar-refractivity contribution in [2.75, 3.05) is 13.1 Å². The average Bonchev–Trinajstić information content (AvgIpc) is 2.77. The lowest BCUT2D eigenvalue weighted by molar-refractivity contribution is -0.121. The molecular formula is C12H22N4O. The SMILES string of the molecule is CC(C)C(C)NC(=O)CNCCn1ccnc1. The highest BCUT2D eigenvalue weighted by Gasteiger charge is 2.09. The van der Waals surface area contributed by atoms with Crippen LogP contribution in [0.5, 0.6) is 0 Å². The summed E-state index contributed by atoms with van der Waals surface area (Å²) in [5, 5.41) is 6.06. The fourth-order valence-corrected chi connectivity index (χ4v) is 1.30. The van der Waals surface area contributed by atoms with E-state index in [1.807, 2.05) is 17.7 Å². The Balaban J connectivity index is 2.08. The number of hydrogen-bond donors (Lipinski definition) is 2. The van der Waals surface area contributed by atoms with Crippen LogP contribution in [-0.2, 0) is 11.3 Å². The standard InChI is InChI=1S/C12H22N4O/c1-10(2)11(3)15-12(17)8-13-4-6-16-7-5-14-9-16/h5,7,9-11,13H,4,6,8H2,1-3H3,(H,15,17). The summed E-state index contributed by atoms with van der Waals surface area (Å²) in [5.74, 6) is 0.515. The first-order valence-corrected chi connectivity index (χ1v) is 6.05. The van der Waals surface area contributed by atoms with Gasteiger partial charge in [0.1, 0.15) is 0 Å². The highest BCUT2D eigenvalue weighted by atomic mass is 16.1. The van der Waals surface area contributed by atoms with E-state index in [0.29, 0.717) is 12.5 Å². The Morgan fingerprint density at radius 3 is 2.76 bits per heavy atom. The van der Waals surface area contributed by atoms with Crippen LogP contribution in [0.2, 0.25) is 0 Å². The second-order valence-electron chi connectivity index (χ2n) is 4.58. The van der Waals surface area contributed by atoms with E-state index < -0.39 is 0 Å². The van der Waals surface area contributed by atoms with Gasteiger partial charge in [-0.3, -0.25) is 4.79 Å². The number of rotatable bonds is 7. The van der Waals surface area contributed by atoms with Crippen LogP contribution >= 0.6 is 0 Å². The lowest BCUT2D eigenvalue weighted by Crippen LogP contribution is -2.41. The van der Waals surface area contributed by atoms with Crippen LogP contribution in [0.25, 0.3) is 0 Å². The molecule has 0 aliphatic rings. The molecule has 0 radical (unpaired) electrons. The summed E-state index contributed by atoms with van der Waals surface area (Å²) in [6.07, 6.45) is 5.42. The zero-order chi connectivity index (χ0) is 12.7. The molecule has 1 rings (SSSR count). The second-order valence-corrected chi connectivity index (χ2v) is 4.58. The smallest absolute Gasteiger partial charge is 0.234 e. The summed E-state index contributed by atoms with van der Waals surface area (Å²) in [4.78, 5) is 15.5. The molecule has 1 aromatic heterocycles. The van der Waals surface area contributed by atoms with E-state index in [0.717, 1.165) is 13.1 Å². The van der Waals surface area contributed by atoms with Crippen molar-refractivity contribution in [1.82, 2.24) is 20.2 Å². The van der Waals surface area contributed by atoms with Gasteiger partial charge in [-0.1, -0.05) is 13.8 Å². The van der Waals surface area contributed by atoms with Gasteiger partial charge in [0.05, 0.1) is 12.9 Å². The van der Waals surface area contributed by atoms with Crippen molar-refractivity contribution in [3.05, 3.63) is 18.7 Å². The number of nitrogens with one attached hydrogen (secondary N) is 2. The monoisotopic (exact) mass is 238 g/mol. The topological polar surface area (TPSA) is 59.0 Å². The van der Waals surface area contributed by atoms with Crippen LogP contribution in [-0.4, -0.2) is 34.6 Å². The predicted molar refractivity (Wildman–Crippen MR) is 67.5 cm³/mol. The zero-order valence-corrected chi connectivity index (χ0v) is 10.8. The minimum absolute atomic E-state index is 0.0526. The molecule has 0 saturated heterocycles. The van der Waals surface area contributed by atoms with Crippen molar-refractivity contribution >= 4 is 5.91 Å². The van der Waals surface area contributed by atoms with E-state index >= 15 is 0 Å². The Morgan fingerprint density at radius 2 is 2.18 bits per heavy atom. The molecule has 5 nitrogen and oxygen atoms in total. The number of nitrogens with zero attached hydrogens (tertiary/aromatic N) is 2. The molecule has 0 spiro atoms. The van der Waals surface area contributed by atoms with Crippen molar-refractivity contribution < 1.29 is 4.79 Å². The third-order valence-corrected chi connectivity index (χ3v) is 2.78. The van der Waals surface area contributed by atoms with Crippen LogP contribution in [0.3, 0.4) is 0 Å². The van der Waals surface area contributed by atoms with E-state index in [1.165, 1.54) is 0 Å². The highest BCUT2D eigenvalue weighted by Crippen LogP contribution is 1.98. The van der Waals surface area contributed by atoms with Gasteiger partial charge in [0, 0.05) is 31.5 Å². The molecule has 0 aliphatic carbocycles. The van der Waals surface area contributed by atoms with Crippen molar-refractivity contribution in [3.63, 3.8) is 0 Å². The first kappa shape index (κ1) is 13.7. The normalized spacial score (nSPS) is 12.7. The van der Waals surface area contributed by atoms with Crippen LogP contribution in [0.15, 0.2) is 18.7 Å². The minimum Gasteiger partial charge on any atom is -0.352 e. The van der Waals surface area contributed by atoms with E-state index in [2.05, 4.69) is 29.5 Å². The molecular weight excluding hydrogens is 216 g/mol. The summed E-state index contributed by atoms with van der Waals surface area (Å²) in [6.45, 7) is 8.17. The fourth-order valence-electron chi connectivity index (χ4n) is 1.30. The molecule has 0 bridgehead atoms. The second kappa shape index (κ2) is 7.06. The molecule has 0 fully saturated rings. The van der Waals surface area contributed by atoms with Crippen LogP contribution < -0.4 is 10.6 Å². The third kappa shape index (κ3) is 5.49. The Kier molecular flexibility index (Phi) is 5.69. The number of imidazole rings is 1. The largest absolute Gasteiger partial charge is 0.352 e. The van der Waals surface area contributed by atoms with Crippen molar-refractivity contribution in [2.45, 2.75) is 33.4 Å². The first-order valence-electron chi connectivity index (χ1n) is 6.05. The molecule has 0 aromatic carbocycles. The third-order valence-electron chi connectivity index (χ3n) is 2.78. The molecule has 1 aromatic rings. The van der Waals surface area contributed by atoms with Gasteiger partial charge in [0.15, 0.2) is 0 Å². The van der Waals surface area contributed by atoms with E-state index in [4.69, 9.17) is 0 Å². The van der Waals surface area contributed by atoms with Crippen LogP contribution in [0.4, 0.5) is 0 Å². The quantitative estimate of drug-likeness (QED) is 0.685. The van der Waals surface area contributed by atoms with Gasteiger partial charge in [0.25, 0.3) is 0 Å². The summed E-state index contributed by atoms with van der Waals surface area (Å²) < 4.78 is 1.97. The molecule has 2 N–H and O–H groups in total. The summed E-state index contributed by atoms with van der Waals surface area (Å²) in [7, 11) is 0. The van der Waals surface area contributed by atoms with Crippen LogP contribution in [0, 0.1) is 5.92 Å². The maximum absolute atomic E-state index is 11.5. The van der Waals surface area contributed by atoms with Gasteiger partial charge < -0.3 is 15.2 Å². The Hall–Kier alpha value is -1.36. The molecule has 0 saturated carbocycles. The summed E-state index contributed by atoms with van der Waals surface area (Å²) in [6, 6.07) is 0.220. The molecule has 1 amide bonds. The molecule has 1 atom stereocenters. The Labute approximate surface area is 103 Å². The zero-order valence-electron chi connectivity index (χ0n) is 10.8. The lowest BCUT2D eigenvalue weighted by atomic mass is 10.1. The molecule has 1 unspecified atom stereocenters. The molecule has 17 heavy (non-hydrogen) atoms. The van der Waals surface area contributed by atoms with Gasteiger partial charge in [-0.05, 0) is 12.8 Å². The predicted octanol–water partition coefficient (Wildman–Crippen LogP) is 0.633. The Bertz CT molecular complexity index is 321. The Morgan fingerprint density at radius 1 is 1.41 bits per heavy atom. The molecule has 96 valence electrons. The number of aromatic nitrogens is 2. The number of hydrogen-bond acceptors (Lipinski definition) is 3. The van der Waals surface area contributed by atoms with Crippen LogP contribution in [0.1, 0.15) is 20.8 Å². The lowest BCUT2D eigenvalue weighted by Gasteiger charge is -2.17. The van der Waals surface area contributed by atoms with Gasteiger partial charge in [-0.2, -0.15) is 0 Å². The average molecular weight is 238 g/mol.